The number of rotatable bonds is 5. The lowest BCUT2D eigenvalue weighted by Gasteiger charge is -2.15. The van der Waals surface area contributed by atoms with E-state index in [-0.39, 0.29) is 12.4 Å². The van der Waals surface area contributed by atoms with Crippen molar-refractivity contribution in [2.24, 2.45) is 0 Å². The SMILES string of the molecule is CC(C)(Br)C(=O)COC(O)CO. The van der Waals surface area contributed by atoms with Crippen molar-refractivity contribution in [3.8, 4) is 0 Å². The molecule has 0 rings (SSSR count). The van der Waals surface area contributed by atoms with Crippen molar-refractivity contribution in [2.75, 3.05) is 13.2 Å². The zero-order valence-electron chi connectivity index (χ0n) is 7.08. The van der Waals surface area contributed by atoms with Gasteiger partial charge in [-0.25, -0.2) is 0 Å². The highest BCUT2D eigenvalue weighted by molar-refractivity contribution is 9.10. The van der Waals surface area contributed by atoms with E-state index in [1.165, 1.54) is 0 Å². The highest BCUT2D eigenvalue weighted by atomic mass is 79.9. The predicted molar refractivity (Wildman–Crippen MR) is 47.1 cm³/mol. The summed E-state index contributed by atoms with van der Waals surface area (Å²) in [5.41, 5.74) is 0. The van der Waals surface area contributed by atoms with Gasteiger partial charge in [-0.2, -0.15) is 0 Å². The summed E-state index contributed by atoms with van der Waals surface area (Å²) in [5, 5.41) is 17.1. The van der Waals surface area contributed by atoms with Crippen LogP contribution in [0.1, 0.15) is 13.8 Å². The molecule has 0 bridgehead atoms. The number of carbonyl (C=O) groups excluding carboxylic acids is 1. The maximum Gasteiger partial charge on any atom is 0.178 e. The molecule has 0 heterocycles. The standard InChI is InChI=1S/C7H13BrO4/c1-7(2,8)5(10)4-12-6(11)3-9/h6,9,11H,3-4H2,1-2H3. The summed E-state index contributed by atoms with van der Waals surface area (Å²) in [5.74, 6) is -0.185. The smallest absolute Gasteiger partial charge is 0.178 e. The Balaban J connectivity index is 3.73. The van der Waals surface area contributed by atoms with Gasteiger partial charge >= 0.3 is 0 Å². The normalized spacial score (nSPS) is 14.4. The summed E-state index contributed by atoms with van der Waals surface area (Å²) >= 11 is 3.14. The van der Waals surface area contributed by atoms with Gasteiger partial charge in [0.05, 0.1) is 10.9 Å². The average molecular weight is 241 g/mol. The van der Waals surface area contributed by atoms with Gasteiger partial charge in [0, 0.05) is 0 Å². The molecule has 0 aromatic heterocycles. The number of halogens is 1. The van der Waals surface area contributed by atoms with Crippen molar-refractivity contribution < 1.29 is 19.7 Å². The summed E-state index contributed by atoms with van der Waals surface area (Å²) in [4.78, 5) is 11.1. The van der Waals surface area contributed by atoms with Gasteiger partial charge in [-0.3, -0.25) is 4.79 Å². The summed E-state index contributed by atoms with van der Waals surface area (Å²) in [6.45, 7) is 2.66. The second-order valence-corrected chi connectivity index (χ2v) is 4.83. The van der Waals surface area contributed by atoms with Crippen LogP contribution in [0.5, 0.6) is 0 Å². The van der Waals surface area contributed by atoms with Crippen LogP contribution in [0.4, 0.5) is 0 Å². The van der Waals surface area contributed by atoms with Crippen LogP contribution >= 0.6 is 15.9 Å². The Kier molecular flexibility index (Phi) is 4.92. The van der Waals surface area contributed by atoms with Crippen LogP contribution in [0, 0.1) is 0 Å². The first-order valence-corrected chi connectivity index (χ1v) is 4.30. The zero-order chi connectivity index (χ0) is 9.78. The molecule has 0 aromatic carbocycles. The maximum absolute atomic E-state index is 11.1. The fraction of sp³-hybridized carbons (Fsp3) is 0.857. The molecule has 0 aliphatic heterocycles. The first-order chi connectivity index (χ1) is 5.38. The third kappa shape index (κ3) is 4.82. The fourth-order valence-corrected chi connectivity index (χ4v) is 0.511. The van der Waals surface area contributed by atoms with Crippen LogP contribution in [0.2, 0.25) is 0 Å². The lowest BCUT2D eigenvalue weighted by molar-refractivity contribution is -0.148. The number of Topliss-reactive ketones (excluding diaryl/α,β-unsaturated/α-hetero) is 1. The highest BCUT2D eigenvalue weighted by Crippen LogP contribution is 2.16. The van der Waals surface area contributed by atoms with Crippen molar-refractivity contribution in [3.63, 3.8) is 0 Å². The third-order valence-corrected chi connectivity index (χ3v) is 1.67. The monoisotopic (exact) mass is 240 g/mol. The summed E-state index contributed by atoms with van der Waals surface area (Å²) < 4.78 is 3.95. The number of alkyl halides is 1. The molecule has 0 aromatic rings. The molecular formula is C7H13BrO4. The minimum Gasteiger partial charge on any atom is -0.391 e. The molecule has 0 saturated carbocycles. The Bertz CT molecular complexity index is 152. The number of aliphatic hydroxyl groups excluding tert-OH is 2. The largest absolute Gasteiger partial charge is 0.391 e. The lowest BCUT2D eigenvalue weighted by atomic mass is 10.1. The van der Waals surface area contributed by atoms with E-state index in [2.05, 4.69) is 20.7 Å². The maximum atomic E-state index is 11.1. The van der Waals surface area contributed by atoms with Gasteiger partial charge in [-0.1, -0.05) is 15.9 Å². The van der Waals surface area contributed by atoms with E-state index < -0.39 is 17.2 Å². The molecule has 1 atom stereocenters. The van der Waals surface area contributed by atoms with Crippen molar-refractivity contribution in [1.29, 1.82) is 0 Å². The van der Waals surface area contributed by atoms with E-state index in [0.29, 0.717) is 0 Å². The van der Waals surface area contributed by atoms with Gasteiger partial charge in [0.25, 0.3) is 0 Å². The number of ketones is 1. The lowest BCUT2D eigenvalue weighted by Crippen LogP contribution is -2.31. The van der Waals surface area contributed by atoms with Crippen LogP contribution in [0.25, 0.3) is 0 Å². The molecular weight excluding hydrogens is 228 g/mol. The van der Waals surface area contributed by atoms with E-state index in [1.54, 1.807) is 13.8 Å². The van der Waals surface area contributed by atoms with Crippen LogP contribution in [0.15, 0.2) is 0 Å². The second-order valence-electron chi connectivity index (χ2n) is 2.84. The fourth-order valence-electron chi connectivity index (χ4n) is 0.396. The summed E-state index contributed by atoms with van der Waals surface area (Å²) in [7, 11) is 0. The van der Waals surface area contributed by atoms with Crippen LogP contribution < -0.4 is 0 Å². The molecule has 12 heavy (non-hydrogen) atoms. The number of hydrogen-bond acceptors (Lipinski definition) is 4. The minimum absolute atomic E-state index is 0.185. The second kappa shape index (κ2) is 4.91. The average Bonchev–Trinajstić information content (AvgIpc) is 1.97. The summed E-state index contributed by atoms with van der Waals surface area (Å²) in [6.07, 6.45) is -1.27. The topological polar surface area (TPSA) is 66.8 Å². The molecule has 0 spiro atoms. The molecule has 2 N–H and O–H groups in total. The molecule has 0 aliphatic rings. The van der Waals surface area contributed by atoms with E-state index in [4.69, 9.17) is 10.2 Å². The van der Waals surface area contributed by atoms with Crippen LogP contribution in [0.3, 0.4) is 0 Å². The van der Waals surface area contributed by atoms with Crippen molar-refractivity contribution >= 4 is 21.7 Å². The Hall–Kier alpha value is 0.0300. The first-order valence-electron chi connectivity index (χ1n) is 3.50. The zero-order valence-corrected chi connectivity index (χ0v) is 8.67. The molecule has 1 unspecified atom stereocenters. The van der Waals surface area contributed by atoms with Gasteiger partial charge < -0.3 is 14.9 Å². The number of aliphatic hydroxyl groups is 2. The highest BCUT2D eigenvalue weighted by Gasteiger charge is 2.23. The number of hydrogen-bond donors (Lipinski definition) is 2. The molecule has 0 fully saturated rings. The Morgan fingerprint density at radius 2 is 2.17 bits per heavy atom. The van der Waals surface area contributed by atoms with Crippen LogP contribution in [-0.2, 0) is 9.53 Å². The Labute approximate surface area is 79.7 Å². The Morgan fingerprint density at radius 1 is 1.67 bits per heavy atom. The Morgan fingerprint density at radius 3 is 2.50 bits per heavy atom. The molecule has 72 valence electrons. The van der Waals surface area contributed by atoms with E-state index in [9.17, 15) is 4.79 Å². The number of ether oxygens (including phenoxy) is 1. The molecule has 0 radical (unpaired) electrons. The first kappa shape index (κ1) is 12.0. The minimum atomic E-state index is -1.27. The van der Waals surface area contributed by atoms with E-state index in [0.717, 1.165) is 0 Å². The van der Waals surface area contributed by atoms with Gasteiger partial charge in [0.1, 0.15) is 6.61 Å². The van der Waals surface area contributed by atoms with Gasteiger partial charge in [0.15, 0.2) is 12.1 Å². The molecule has 4 nitrogen and oxygen atoms in total. The van der Waals surface area contributed by atoms with Crippen molar-refractivity contribution in [2.45, 2.75) is 24.5 Å². The quantitative estimate of drug-likeness (QED) is 0.527. The molecule has 5 heteroatoms. The van der Waals surface area contributed by atoms with Crippen molar-refractivity contribution in [1.82, 2.24) is 0 Å². The van der Waals surface area contributed by atoms with Crippen molar-refractivity contribution in [3.05, 3.63) is 0 Å². The summed E-state index contributed by atoms with van der Waals surface area (Å²) in [6, 6.07) is 0. The molecule has 0 amide bonds. The third-order valence-electron chi connectivity index (χ3n) is 1.23. The van der Waals surface area contributed by atoms with E-state index in [1.807, 2.05) is 0 Å². The van der Waals surface area contributed by atoms with Gasteiger partial charge in [0.2, 0.25) is 0 Å². The van der Waals surface area contributed by atoms with E-state index >= 15 is 0 Å². The predicted octanol–water partition coefficient (Wildman–Crippen LogP) is 0.0563. The number of carbonyl (C=O) groups is 1. The van der Waals surface area contributed by atoms with Crippen LogP contribution in [-0.4, -0.2) is 39.8 Å². The van der Waals surface area contributed by atoms with Gasteiger partial charge in [-0.05, 0) is 13.8 Å². The van der Waals surface area contributed by atoms with Gasteiger partial charge in [-0.15, -0.1) is 0 Å². The molecule has 0 saturated heterocycles. The molecule has 0 aliphatic carbocycles.